The summed E-state index contributed by atoms with van der Waals surface area (Å²) in [6.07, 6.45) is 1.31. The highest BCUT2D eigenvalue weighted by Crippen LogP contribution is 2.28. The molecule has 0 aromatic heterocycles. The van der Waals surface area contributed by atoms with Crippen LogP contribution in [0.5, 0.6) is 11.5 Å². The van der Waals surface area contributed by atoms with Crippen LogP contribution in [-0.4, -0.2) is 24.8 Å². The molecule has 0 heterocycles. The molecule has 1 rings (SSSR count). The molecule has 0 unspecified atom stereocenters. The first-order valence-electron chi connectivity index (χ1n) is 6.79. The summed E-state index contributed by atoms with van der Waals surface area (Å²) in [5.74, 6) is 0.910. The Kier molecular flexibility index (Phi) is 5.43. The summed E-state index contributed by atoms with van der Waals surface area (Å²) in [6.45, 7) is 7.93. The Labute approximate surface area is 120 Å². The van der Waals surface area contributed by atoms with Crippen molar-refractivity contribution < 1.29 is 19.4 Å². The highest BCUT2D eigenvalue weighted by molar-refractivity contribution is 5.73. The summed E-state index contributed by atoms with van der Waals surface area (Å²) in [6, 6.07) is 3.91. The summed E-state index contributed by atoms with van der Waals surface area (Å²) < 4.78 is 11.0. The SMILES string of the molecule is COc1cc(C)c(OCCCC(C)(C)C(=O)O)cc1C. The predicted octanol–water partition coefficient (Wildman–Crippen LogP) is 3.58. The van der Waals surface area contributed by atoms with Gasteiger partial charge < -0.3 is 14.6 Å². The van der Waals surface area contributed by atoms with Crippen LogP contribution in [0.3, 0.4) is 0 Å². The van der Waals surface area contributed by atoms with Crippen molar-refractivity contribution in [2.75, 3.05) is 13.7 Å². The van der Waals surface area contributed by atoms with E-state index < -0.39 is 11.4 Å². The van der Waals surface area contributed by atoms with Gasteiger partial charge in [0.2, 0.25) is 0 Å². The number of rotatable bonds is 7. The van der Waals surface area contributed by atoms with Gasteiger partial charge in [0.05, 0.1) is 19.1 Å². The van der Waals surface area contributed by atoms with Gasteiger partial charge in [-0.05, 0) is 63.8 Å². The van der Waals surface area contributed by atoms with Crippen molar-refractivity contribution in [1.29, 1.82) is 0 Å². The monoisotopic (exact) mass is 280 g/mol. The molecule has 20 heavy (non-hydrogen) atoms. The van der Waals surface area contributed by atoms with E-state index in [1.807, 2.05) is 26.0 Å². The zero-order valence-corrected chi connectivity index (χ0v) is 12.9. The molecule has 0 amide bonds. The average Bonchev–Trinajstić information content (AvgIpc) is 2.37. The Balaban J connectivity index is 2.55. The maximum Gasteiger partial charge on any atom is 0.309 e. The second-order valence-corrected chi connectivity index (χ2v) is 5.73. The van der Waals surface area contributed by atoms with Crippen molar-refractivity contribution in [1.82, 2.24) is 0 Å². The van der Waals surface area contributed by atoms with Gasteiger partial charge in [0, 0.05) is 0 Å². The lowest BCUT2D eigenvalue weighted by Crippen LogP contribution is -2.24. The molecular formula is C16H24O4. The van der Waals surface area contributed by atoms with Crippen LogP contribution in [0.4, 0.5) is 0 Å². The van der Waals surface area contributed by atoms with Gasteiger partial charge in [-0.25, -0.2) is 0 Å². The van der Waals surface area contributed by atoms with Gasteiger partial charge in [-0.2, -0.15) is 0 Å². The molecule has 0 saturated carbocycles. The lowest BCUT2D eigenvalue weighted by atomic mass is 9.88. The molecule has 0 fully saturated rings. The Bertz CT molecular complexity index is 478. The van der Waals surface area contributed by atoms with Crippen molar-refractivity contribution in [3.8, 4) is 11.5 Å². The number of carboxylic acids is 1. The first-order valence-corrected chi connectivity index (χ1v) is 6.79. The van der Waals surface area contributed by atoms with Gasteiger partial charge in [0.25, 0.3) is 0 Å². The molecule has 112 valence electrons. The Morgan fingerprint density at radius 1 is 1.20 bits per heavy atom. The van der Waals surface area contributed by atoms with Crippen LogP contribution in [0, 0.1) is 19.3 Å². The number of methoxy groups -OCH3 is 1. The molecule has 1 aromatic carbocycles. The molecular weight excluding hydrogens is 256 g/mol. The summed E-state index contributed by atoms with van der Waals surface area (Å²) >= 11 is 0. The Morgan fingerprint density at radius 2 is 1.75 bits per heavy atom. The van der Waals surface area contributed by atoms with E-state index in [9.17, 15) is 4.79 Å². The van der Waals surface area contributed by atoms with E-state index in [-0.39, 0.29) is 0 Å². The minimum absolute atomic E-state index is 0.517. The fraction of sp³-hybridized carbons (Fsp3) is 0.562. The third kappa shape index (κ3) is 4.15. The van der Waals surface area contributed by atoms with E-state index in [1.165, 1.54) is 0 Å². The van der Waals surface area contributed by atoms with Crippen molar-refractivity contribution in [3.05, 3.63) is 23.3 Å². The topological polar surface area (TPSA) is 55.8 Å². The van der Waals surface area contributed by atoms with E-state index in [0.717, 1.165) is 22.6 Å². The summed E-state index contributed by atoms with van der Waals surface area (Å²) in [5.41, 5.74) is 1.35. The van der Waals surface area contributed by atoms with Gasteiger partial charge in [0.15, 0.2) is 0 Å². The summed E-state index contributed by atoms with van der Waals surface area (Å²) in [7, 11) is 1.65. The smallest absolute Gasteiger partial charge is 0.309 e. The van der Waals surface area contributed by atoms with E-state index in [0.29, 0.717) is 19.4 Å². The first-order chi connectivity index (χ1) is 9.27. The molecule has 1 N–H and O–H groups in total. The largest absolute Gasteiger partial charge is 0.496 e. The molecule has 0 spiro atoms. The minimum atomic E-state index is -0.769. The van der Waals surface area contributed by atoms with Gasteiger partial charge in [0.1, 0.15) is 11.5 Å². The summed E-state index contributed by atoms with van der Waals surface area (Å²) in [5, 5.41) is 9.04. The number of benzene rings is 1. The molecule has 0 aliphatic carbocycles. The van der Waals surface area contributed by atoms with Crippen LogP contribution in [-0.2, 0) is 4.79 Å². The molecule has 1 aromatic rings. The van der Waals surface area contributed by atoms with E-state index in [1.54, 1.807) is 21.0 Å². The Hall–Kier alpha value is -1.71. The predicted molar refractivity (Wildman–Crippen MR) is 78.6 cm³/mol. The zero-order chi connectivity index (χ0) is 15.3. The van der Waals surface area contributed by atoms with Crippen molar-refractivity contribution in [2.45, 2.75) is 40.5 Å². The minimum Gasteiger partial charge on any atom is -0.496 e. The number of aliphatic carboxylic acids is 1. The fourth-order valence-electron chi connectivity index (χ4n) is 1.94. The van der Waals surface area contributed by atoms with E-state index in [2.05, 4.69) is 0 Å². The number of carbonyl (C=O) groups is 1. The second kappa shape index (κ2) is 6.64. The zero-order valence-electron chi connectivity index (χ0n) is 12.9. The van der Waals surface area contributed by atoms with Gasteiger partial charge in [-0.1, -0.05) is 0 Å². The quantitative estimate of drug-likeness (QED) is 0.776. The highest BCUT2D eigenvalue weighted by atomic mass is 16.5. The maximum atomic E-state index is 11.0. The molecule has 0 atom stereocenters. The number of carboxylic acid groups (broad SMARTS) is 1. The van der Waals surface area contributed by atoms with Crippen LogP contribution >= 0.6 is 0 Å². The molecule has 4 heteroatoms. The molecule has 0 aliphatic heterocycles. The molecule has 0 aliphatic rings. The standard InChI is InChI=1S/C16H24O4/c1-11-10-14(12(2)9-13(11)19-5)20-8-6-7-16(3,4)15(17)18/h9-10H,6-8H2,1-5H3,(H,17,18). The third-order valence-corrected chi connectivity index (χ3v) is 3.48. The number of hydrogen-bond acceptors (Lipinski definition) is 3. The average molecular weight is 280 g/mol. The molecule has 0 radical (unpaired) electrons. The van der Waals surface area contributed by atoms with E-state index >= 15 is 0 Å². The van der Waals surface area contributed by atoms with Crippen LogP contribution in [0.15, 0.2) is 12.1 Å². The van der Waals surface area contributed by atoms with Crippen molar-refractivity contribution in [2.24, 2.45) is 5.41 Å². The van der Waals surface area contributed by atoms with Crippen LogP contribution in [0.1, 0.15) is 37.8 Å². The molecule has 0 saturated heterocycles. The fourth-order valence-corrected chi connectivity index (χ4v) is 1.94. The normalized spacial score (nSPS) is 11.2. The number of hydrogen-bond donors (Lipinski definition) is 1. The summed E-state index contributed by atoms with van der Waals surface area (Å²) in [4.78, 5) is 11.0. The third-order valence-electron chi connectivity index (χ3n) is 3.48. The number of aryl methyl sites for hydroxylation is 2. The van der Waals surface area contributed by atoms with Crippen LogP contribution < -0.4 is 9.47 Å². The highest BCUT2D eigenvalue weighted by Gasteiger charge is 2.26. The van der Waals surface area contributed by atoms with Gasteiger partial charge in [-0.3, -0.25) is 4.79 Å². The van der Waals surface area contributed by atoms with Gasteiger partial charge in [-0.15, -0.1) is 0 Å². The maximum absolute atomic E-state index is 11.0. The molecule has 0 bridgehead atoms. The first kappa shape index (κ1) is 16.3. The molecule has 4 nitrogen and oxygen atoms in total. The van der Waals surface area contributed by atoms with E-state index in [4.69, 9.17) is 14.6 Å². The Morgan fingerprint density at radius 3 is 2.30 bits per heavy atom. The van der Waals surface area contributed by atoms with Crippen LogP contribution in [0.2, 0.25) is 0 Å². The van der Waals surface area contributed by atoms with Crippen LogP contribution in [0.25, 0.3) is 0 Å². The lowest BCUT2D eigenvalue weighted by Gasteiger charge is -2.19. The second-order valence-electron chi connectivity index (χ2n) is 5.73. The van der Waals surface area contributed by atoms with Crippen molar-refractivity contribution >= 4 is 5.97 Å². The number of ether oxygens (including phenoxy) is 2. The van der Waals surface area contributed by atoms with Crippen molar-refractivity contribution in [3.63, 3.8) is 0 Å². The lowest BCUT2D eigenvalue weighted by molar-refractivity contribution is -0.147. The van der Waals surface area contributed by atoms with Gasteiger partial charge >= 0.3 is 5.97 Å².